The lowest BCUT2D eigenvalue weighted by Gasteiger charge is -2.21. The summed E-state index contributed by atoms with van der Waals surface area (Å²) in [7, 11) is 0. The van der Waals surface area contributed by atoms with Crippen molar-refractivity contribution in [1.82, 2.24) is 15.2 Å². The molecule has 2 aromatic rings. The van der Waals surface area contributed by atoms with E-state index in [-0.39, 0.29) is 0 Å². The Morgan fingerprint density at radius 1 is 1.23 bits per heavy atom. The van der Waals surface area contributed by atoms with E-state index in [4.69, 9.17) is 14.7 Å². The molecule has 2 fully saturated rings. The van der Waals surface area contributed by atoms with E-state index < -0.39 is 0 Å². The molecule has 0 amide bonds. The van der Waals surface area contributed by atoms with Crippen LogP contribution in [0.15, 0.2) is 40.7 Å². The summed E-state index contributed by atoms with van der Waals surface area (Å²) in [6, 6.07) is 10.4. The number of hydrogen-bond acceptors (Lipinski definition) is 5. The van der Waals surface area contributed by atoms with Crippen LogP contribution in [-0.2, 0) is 17.8 Å². The number of likely N-dealkylation sites (tertiary alicyclic amines) is 1. The van der Waals surface area contributed by atoms with Gasteiger partial charge in [-0.15, -0.1) is 11.3 Å². The molecule has 1 unspecified atom stereocenters. The topological polar surface area (TPSA) is 53.0 Å². The Balaban J connectivity index is 1.23. The molecule has 1 aromatic carbocycles. The van der Waals surface area contributed by atoms with Crippen LogP contribution in [0.3, 0.4) is 0 Å². The highest BCUT2D eigenvalue weighted by atomic mass is 32.1. The van der Waals surface area contributed by atoms with E-state index in [1.54, 1.807) is 11.3 Å². The molecule has 0 spiro atoms. The summed E-state index contributed by atoms with van der Waals surface area (Å²) in [5, 5.41) is 6.85. The van der Waals surface area contributed by atoms with Crippen LogP contribution < -0.4 is 10.2 Å². The van der Waals surface area contributed by atoms with Gasteiger partial charge in [0.15, 0.2) is 11.1 Å². The fraction of sp³-hybridized carbons (Fsp3) is 0.583. The molecule has 7 heteroatoms. The number of nitrogens with zero attached hydrogens (tertiary/aromatic N) is 4. The smallest absolute Gasteiger partial charge is 0.193 e. The number of benzene rings is 1. The zero-order valence-electron chi connectivity index (χ0n) is 18.6. The molecular weight excluding hydrogens is 406 g/mol. The van der Waals surface area contributed by atoms with Gasteiger partial charge >= 0.3 is 0 Å². The maximum Gasteiger partial charge on any atom is 0.193 e. The van der Waals surface area contributed by atoms with Crippen LogP contribution in [0.1, 0.15) is 37.4 Å². The molecule has 6 nitrogen and oxygen atoms in total. The molecule has 1 N–H and O–H groups in total. The molecule has 1 atom stereocenters. The SMILES string of the molecule is CCNC(=NCCc1csc(N2CCCC2)n1)N1CCC(COCc2ccccc2)C1. The molecule has 3 heterocycles. The first-order valence-electron chi connectivity index (χ1n) is 11.7. The number of rotatable bonds is 9. The molecule has 2 aliphatic heterocycles. The van der Waals surface area contributed by atoms with Crippen molar-refractivity contribution in [1.29, 1.82) is 0 Å². The zero-order valence-corrected chi connectivity index (χ0v) is 19.4. The van der Waals surface area contributed by atoms with Crippen molar-refractivity contribution in [3.05, 3.63) is 47.0 Å². The molecule has 0 radical (unpaired) electrons. The third-order valence-corrected chi connectivity index (χ3v) is 6.88. The normalized spacial score (nSPS) is 19.4. The number of hydrogen-bond donors (Lipinski definition) is 1. The first-order chi connectivity index (χ1) is 15.3. The second kappa shape index (κ2) is 11.5. The van der Waals surface area contributed by atoms with Crippen molar-refractivity contribution in [2.24, 2.45) is 10.9 Å². The molecule has 31 heavy (non-hydrogen) atoms. The van der Waals surface area contributed by atoms with Gasteiger partial charge < -0.3 is 19.9 Å². The molecule has 2 aliphatic rings. The zero-order chi connectivity index (χ0) is 21.3. The Labute approximate surface area is 190 Å². The highest BCUT2D eigenvalue weighted by molar-refractivity contribution is 7.13. The Kier molecular flexibility index (Phi) is 8.18. The number of aromatic nitrogens is 1. The van der Waals surface area contributed by atoms with Gasteiger partial charge in [-0.05, 0) is 31.7 Å². The number of ether oxygens (including phenoxy) is 1. The third-order valence-electron chi connectivity index (χ3n) is 5.93. The van der Waals surface area contributed by atoms with Gasteiger partial charge in [-0.1, -0.05) is 30.3 Å². The third kappa shape index (κ3) is 6.43. The van der Waals surface area contributed by atoms with E-state index in [1.165, 1.54) is 29.2 Å². The first kappa shape index (κ1) is 22.1. The van der Waals surface area contributed by atoms with E-state index in [1.807, 2.05) is 6.07 Å². The number of anilines is 1. The average molecular weight is 442 g/mol. The summed E-state index contributed by atoms with van der Waals surface area (Å²) in [6.07, 6.45) is 4.64. The Morgan fingerprint density at radius 2 is 2.06 bits per heavy atom. The fourth-order valence-electron chi connectivity index (χ4n) is 4.25. The lowest BCUT2D eigenvalue weighted by molar-refractivity contribution is 0.0907. The summed E-state index contributed by atoms with van der Waals surface area (Å²) in [6.45, 7) is 9.66. The van der Waals surface area contributed by atoms with Crippen molar-refractivity contribution in [2.45, 2.75) is 39.2 Å². The molecule has 168 valence electrons. The number of thiazole rings is 1. The maximum atomic E-state index is 5.98. The minimum atomic E-state index is 0.564. The molecule has 0 saturated carbocycles. The van der Waals surface area contributed by atoms with Gasteiger partial charge in [-0.25, -0.2) is 4.98 Å². The first-order valence-corrected chi connectivity index (χ1v) is 12.5. The Morgan fingerprint density at radius 3 is 2.87 bits per heavy atom. The number of nitrogens with one attached hydrogen (secondary N) is 1. The molecule has 4 rings (SSSR count). The van der Waals surface area contributed by atoms with E-state index in [0.717, 1.165) is 64.7 Å². The number of guanidine groups is 1. The van der Waals surface area contributed by atoms with Gasteiger partial charge in [0.2, 0.25) is 0 Å². The van der Waals surface area contributed by atoms with Crippen molar-refractivity contribution in [2.75, 3.05) is 50.8 Å². The van der Waals surface area contributed by atoms with Crippen LogP contribution in [0.2, 0.25) is 0 Å². The van der Waals surface area contributed by atoms with Crippen LogP contribution in [0.25, 0.3) is 0 Å². The molecule has 0 aliphatic carbocycles. The summed E-state index contributed by atoms with van der Waals surface area (Å²) in [4.78, 5) is 14.5. The second-order valence-electron chi connectivity index (χ2n) is 8.40. The van der Waals surface area contributed by atoms with E-state index in [0.29, 0.717) is 12.5 Å². The number of aliphatic imine (C=N–C) groups is 1. The lowest BCUT2D eigenvalue weighted by Crippen LogP contribution is -2.40. The van der Waals surface area contributed by atoms with Crippen LogP contribution in [0.4, 0.5) is 5.13 Å². The van der Waals surface area contributed by atoms with E-state index in [2.05, 4.69) is 51.7 Å². The summed E-state index contributed by atoms with van der Waals surface area (Å²) >= 11 is 1.77. The van der Waals surface area contributed by atoms with Crippen molar-refractivity contribution in [3.8, 4) is 0 Å². The second-order valence-corrected chi connectivity index (χ2v) is 9.24. The van der Waals surface area contributed by atoms with Gasteiger partial charge in [-0.3, -0.25) is 4.99 Å². The summed E-state index contributed by atoms with van der Waals surface area (Å²) in [5.41, 5.74) is 2.40. The van der Waals surface area contributed by atoms with Gasteiger partial charge in [0, 0.05) is 57.0 Å². The average Bonchev–Trinajstić information content (AvgIpc) is 3.55. The predicted octanol–water partition coefficient (Wildman–Crippen LogP) is 3.79. The molecular formula is C24H35N5OS. The van der Waals surface area contributed by atoms with Gasteiger partial charge in [-0.2, -0.15) is 0 Å². The Bertz CT molecular complexity index is 818. The minimum Gasteiger partial charge on any atom is -0.376 e. The molecule has 2 saturated heterocycles. The highest BCUT2D eigenvalue weighted by Crippen LogP contribution is 2.24. The van der Waals surface area contributed by atoms with Crippen molar-refractivity contribution in [3.63, 3.8) is 0 Å². The largest absolute Gasteiger partial charge is 0.376 e. The predicted molar refractivity (Wildman–Crippen MR) is 129 cm³/mol. The molecule has 1 aromatic heterocycles. The van der Waals surface area contributed by atoms with E-state index in [9.17, 15) is 0 Å². The summed E-state index contributed by atoms with van der Waals surface area (Å²) < 4.78 is 5.98. The van der Waals surface area contributed by atoms with Crippen molar-refractivity contribution < 1.29 is 4.74 Å². The van der Waals surface area contributed by atoms with E-state index >= 15 is 0 Å². The van der Waals surface area contributed by atoms with Gasteiger partial charge in [0.1, 0.15) is 0 Å². The monoisotopic (exact) mass is 441 g/mol. The van der Waals surface area contributed by atoms with Crippen LogP contribution >= 0.6 is 11.3 Å². The van der Waals surface area contributed by atoms with Crippen LogP contribution in [0.5, 0.6) is 0 Å². The van der Waals surface area contributed by atoms with Crippen LogP contribution in [0, 0.1) is 5.92 Å². The van der Waals surface area contributed by atoms with Crippen molar-refractivity contribution >= 4 is 22.4 Å². The quantitative estimate of drug-likeness (QED) is 0.474. The maximum absolute atomic E-state index is 5.98. The van der Waals surface area contributed by atoms with Gasteiger partial charge in [0.05, 0.1) is 18.9 Å². The minimum absolute atomic E-state index is 0.564. The lowest BCUT2D eigenvalue weighted by atomic mass is 10.1. The fourth-order valence-corrected chi connectivity index (χ4v) is 5.16. The standard InChI is InChI=1S/C24H35N5OS/c1-2-25-23(26-12-10-22-19-31-24(27-22)28-13-6-7-14-28)29-15-11-21(16-29)18-30-17-20-8-4-3-5-9-20/h3-5,8-9,19,21H,2,6-7,10-18H2,1H3,(H,25,26). The van der Waals surface area contributed by atoms with Crippen LogP contribution in [-0.4, -0.2) is 61.7 Å². The summed E-state index contributed by atoms with van der Waals surface area (Å²) in [5.74, 6) is 1.59. The highest BCUT2D eigenvalue weighted by Gasteiger charge is 2.25. The molecule has 0 bridgehead atoms. The Hall–Kier alpha value is -2.12. The van der Waals surface area contributed by atoms with Gasteiger partial charge in [0.25, 0.3) is 0 Å².